The number of fused-ring (bicyclic) bond motifs is 1. The number of hydrogen-bond acceptors (Lipinski definition) is 6. The number of thiazole rings is 1. The Balaban J connectivity index is 2.66. The maximum absolute atomic E-state index is 11.3. The van der Waals surface area contributed by atoms with Gasteiger partial charge in [-0.2, -0.15) is 0 Å². The van der Waals surface area contributed by atoms with Crippen molar-refractivity contribution < 1.29 is 9.53 Å². The molecule has 4 N–H and O–H groups in total. The van der Waals surface area contributed by atoms with Crippen molar-refractivity contribution in [1.82, 2.24) is 4.98 Å². The van der Waals surface area contributed by atoms with E-state index >= 15 is 0 Å². The topological polar surface area (TPSA) is 91.2 Å². The zero-order chi connectivity index (χ0) is 11.0. The van der Waals surface area contributed by atoms with Crippen LogP contribution in [0.1, 0.15) is 10.4 Å². The Morgan fingerprint density at radius 3 is 2.87 bits per heavy atom. The second-order valence-corrected chi connectivity index (χ2v) is 4.01. The molecule has 2 rings (SSSR count). The molecule has 0 amide bonds. The molecule has 0 aliphatic carbocycles. The first kappa shape index (κ1) is 9.72. The standard InChI is InChI=1S/C9H9N3O2S/c1-14-8(13)4-2-6-7(3-5(4)10)15-9(11)12-6/h2-3H,10H2,1H3,(H2,11,12). The van der Waals surface area contributed by atoms with Crippen LogP contribution in [-0.4, -0.2) is 18.1 Å². The van der Waals surface area contributed by atoms with Crippen molar-refractivity contribution in [3.05, 3.63) is 17.7 Å². The first-order valence-electron chi connectivity index (χ1n) is 4.15. The number of anilines is 2. The first-order valence-corrected chi connectivity index (χ1v) is 4.97. The predicted molar refractivity (Wildman–Crippen MR) is 59.8 cm³/mol. The quantitative estimate of drug-likeness (QED) is 0.560. The molecule has 0 saturated carbocycles. The number of aromatic nitrogens is 1. The molecule has 0 atom stereocenters. The summed E-state index contributed by atoms with van der Waals surface area (Å²) in [7, 11) is 1.31. The molecular weight excluding hydrogens is 214 g/mol. The minimum absolute atomic E-state index is 0.315. The van der Waals surface area contributed by atoms with E-state index in [-0.39, 0.29) is 0 Å². The van der Waals surface area contributed by atoms with Crippen molar-refractivity contribution in [3.8, 4) is 0 Å². The summed E-state index contributed by atoms with van der Waals surface area (Å²) in [4.78, 5) is 15.4. The van der Waals surface area contributed by atoms with E-state index in [1.807, 2.05) is 0 Å². The molecule has 15 heavy (non-hydrogen) atoms. The minimum Gasteiger partial charge on any atom is -0.465 e. The number of hydrogen-bond donors (Lipinski definition) is 2. The molecule has 1 aromatic heterocycles. The molecule has 78 valence electrons. The highest BCUT2D eigenvalue weighted by Crippen LogP contribution is 2.28. The Morgan fingerprint density at radius 2 is 2.20 bits per heavy atom. The van der Waals surface area contributed by atoms with Crippen LogP contribution in [0.5, 0.6) is 0 Å². The van der Waals surface area contributed by atoms with E-state index in [2.05, 4.69) is 9.72 Å². The Hall–Kier alpha value is -1.82. The Labute approximate surface area is 89.7 Å². The Kier molecular flexibility index (Phi) is 2.20. The predicted octanol–water partition coefficient (Wildman–Crippen LogP) is 1.25. The molecule has 5 nitrogen and oxygen atoms in total. The van der Waals surface area contributed by atoms with Gasteiger partial charge >= 0.3 is 5.97 Å². The molecule has 0 bridgehead atoms. The summed E-state index contributed by atoms with van der Waals surface area (Å²) in [6, 6.07) is 3.26. The number of ether oxygens (including phenoxy) is 1. The van der Waals surface area contributed by atoms with Crippen LogP contribution in [-0.2, 0) is 4.74 Å². The summed E-state index contributed by atoms with van der Waals surface area (Å²) < 4.78 is 5.46. The van der Waals surface area contributed by atoms with Crippen molar-refractivity contribution in [2.24, 2.45) is 0 Å². The summed E-state index contributed by atoms with van der Waals surface area (Å²) in [5.41, 5.74) is 12.6. The highest BCUT2D eigenvalue weighted by molar-refractivity contribution is 7.22. The number of benzene rings is 1. The van der Waals surface area contributed by atoms with Gasteiger partial charge in [-0.15, -0.1) is 0 Å². The van der Waals surface area contributed by atoms with E-state index in [1.54, 1.807) is 12.1 Å². The van der Waals surface area contributed by atoms with Gasteiger partial charge in [0.15, 0.2) is 5.13 Å². The summed E-state index contributed by atoms with van der Waals surface area (Å²) >= 11 is 1.33. The molecule has 0 unspecified atom stereocenters. The third-order valence-corrected chi connectivity index (χ3v) is 2.83. The fourth-order valence-corrected chi connectivity index (χ4v) is 2.06. The largest absolute Gasteiger partial charge is 0.465 e. The van der Waals surface area contributed by atoms with Crippen LogP contribution in [0.4, 0.5) is 10.8 Å². The second-order valence-electron chi connectivity index (χ2n) is 2.95. The molecule has 0 radical (unpaired) electrons. The zero-order valence-corrected chi connectivity index (χ0v) is 8.80. The molecule has 0 fully saturated rings. The molecule has 6 heteroatoms. The van der Waals surface area contributed by atoms with E-state index < -0.39 is 5.97 Å². The average molecular weight is 223 g/mol. The van der Waals surface area contributed by atoms with E-state index in [1.165, 1.54) is 18.4 Å². The number of methoxy groups -OCH3 is 1. The Bertz CT molecular complexity index is 535. The van der Waals surface area contributed by atoms with Gasteiger partial charge < -0.3 is 16.2 Å². The lowest BCUT2D eigenvalue weighted by Gasteiger charge is -2.02. The van der Waals surface area contributed by atoms with Crippen molar-refractivity contribution in [2.45, 2.75) is 0 Å². The summed E-state index contributed by atoms with van der Waals surface area (Å²) in [6.45, 7) is 0. The fraction of sp³-hybridized carbons (Fsp3) is 0.111. The molecule has 0 aliphatic heterocycles. The number of esters is 1. The highest BCUT2D eigenvalue weighted by Gasteiger charge is 2.13. The van der Waals surface area contributed by atoms with Crippen LogP contribution in [0.25, 0.3) is 10.2 Å². The van der Waals surface area contributed by atoms with Gasteiger partial charge in [0, 0.05) is 5.69 Å². The average Bonchev–Trinajstić information content (AvgIpc) is 2.55. The van der Waals surface area contributed by atoms with Gasteiger partial charge in [-0.25, -0.2) is 9.78 Å². The van der Waals surface area contributed by atoms with Crippen molar-refractivity contribution >= 4 is 38.3 Å². The number of nitrogen functional groups attached to an aromatic ring is 2. The van der Waals surface area contributed by atoms with Gasteiger partial charge in [0.05, 0.1) is 22.9 Å². The summed E-state index contributed by atoms with van der Waals surface area (Å²) in [5.74, 6) is -0.471. The normalized spacial score (nSPS) is 10.5. The SMILES string of the molecule is COC(=O)c1cc2nc(N)sc2cc1N. The van der Waals surface area contributed by atoms with Gasteiger partial charge in [-0.3, -0.25) is 0 Å². The maximum atomic E-state index is 11.3. The van der Waals surface area contributed by atoms with Crippen molar-refractivity contribution in [2.75, 3.05) is 18.6 Å². The Morgan fingerprint density at radius 1 is 1.47 bits per heavy atom. The molecule has 2 aromatic rings. The van der Waals surface area contributed by atoms with Crippen LogP contribution < -0.4 is 11.5 Å². The lowest BCUT2D eigenvalue weighted by molar-refractivity contribution is 0.0602. The second kappa shape index (κ2) is 3.39. The van der Waals surface area contributed by atoms with Crippen LogP contribution in [0.15, 0.2) is 12.1 Å². The molecule has 1 heterocycles. The van der Waals surface area contributed by atoms with Crippen molar-refractivity contribution in [1.29, 1.82) is 0 Å². The van der Waals surface area contributed by atoms with Crippen LogP contribution in [0.2, 0.25) is 0 Å². The van der Waals surface area contributed by atoms with Crippen LogP contribution >= 0.6 is 11.3 Å². The van der Waals surface area contributed by atoms with Crippen molar-refractivity contribution in [3.63, 3.8) is 0 Å². The van der Waals surface area contributed by atoms with Gasteiger partial charge in [-0.05, 0) is 12.1 Å². The smallest absolute Gasteiger partial charge is 0.340 e. The molecule has 1 aromatic carbocycles. The number of carbonyl (C=O) groups is 1. The number of nitrogens with two attached hydrogens (primary N) is 2. The zero-order valence-electron chi connectivity index (χ0n) is 7.98. The molecular formula is C9H9N3O2S. The molecule has 0 aliphatic rings. The molecule has 0 spiro atoms. The first-order chi connectivity index (χ1) is 7.11. The van der Waals surface area contributed by atoms with E-state index in [0.717, 1.165) is 4.70 Å². The van der Waals surface area contributed by atoms with Crippen LogP contribution in [0, 0.1) is 0 Å². The lowest BCUT2D eigenvalue weighted by Crippen LogP contribution is -2.05. The van der Waals surface area contributed by atoms with E-state index in [9.17, 15) is 4.79 Å². The third-order valence-electron chi connectivity index (χ3n) is 1.98. The van der Waals surface area contributed by atoms with Gasteiger partial charge in [0.1, 0.15) is 0 Å². The third kappa shape index (κ3) is 1.59. The minimum atomic E-state index is -0.471. The summed E-state index contributed by atoms with van der Waals surface area (Å²) in [5, 5.41) is 0.450. The number of nitrogens with zero attached hydrogens (tertiary/aromatic N) is 1. The van der Waals surface area contributed by atoms with Crippen LogP contribution in [0.3, 0.4) is 0 Å². The van der Waals surface area contributed by atoms with Gasteiger partial charge in [0.2, 0.25) is 0 Å². The highest BCUT2D eigenvalue weighted by atomic mass is 32.1. The van der Waals surface area contributed by atoms with E-state index in [0.29, 0.717) is 21.9 Å². The lowest BCUT2D eigenvalue weighted by atomic mass is 10.2. The number of rotatable bonds is 1. The maximum Gasteiger partial charge on any atom is 0.340 e. The fourth-order valence-electron chi connectivity index (χ4n) is 1.29. The summed E-state index contributed by atoms with van der Waals surface area (Å²) in [6.07, 6.45) is 0. The van der Waals surface area contributed by atoms with Gasteiger partial charge in [0.25, 0.3) is 0 Å². The monoisotopic (exact) mass is 223 g/mol. The van der Waals surface area contributed by atoms with E-state index in [4.69, 9.17) is 11.5 Å². The molecule has 0 saturated heterocycles. The number of carbonyl (C=O) groups excluding carboxylic acids is 1. The van der Waals surface area contributed by atoms with Gasteiger partial charge in [-0.1, -0.05) is 11.3 Å².